The minimum Gasteiger partial charge on any atom is -0.478 e. The summed E-state index contributed by atoms with van der Waals surface area (Å²) in [5.74, 6) is -5.85. The fourth-order valence-electron chi connectivity index (χ4n) is 2.50. The normalized spacial score (nSPS) is 24.1. The molecule has 27 heavy (non-hydrogen) atoms. The summed E-state index contributed by atoms with van der Waals surface area (Å²) in [5.41, 5.74) is 0.527. The van der Waals surface area contributed by atoms with E-state index in [9.17, 15) is 19.2 Å². The fraction of sp³-hybridized carbons (Fsp3) is 0.333. The van der Waals surface area contributed by atoms with Crippen molar-refractivity contribution < 1.29 is 43.6 Å². The van der Waals surface area contributed by atoms with Crippen LogP contribution in [0.1, 0.15) is 26.7 Å². The second kappa shape index (κ2) is 8.35. The minimum atomic E-state index is -1.36. The molecule has 2 N–H and O–H groups in total. The SMILES string of the molecule is CCC=C1C=C(C(=O)OC(=O)C2=CC(=CCC)C(C(=O)O)O2)OC1C(=O)O. The second-order valence-electron chi connectivity index (χ2n) is 5.59. The van der Waals surface area contributed by atoms with Crippen molar-refractivity contribution in [1.82, 2.24) is 0 Å². The molecule has 2 rings (SSSR count). The van der Waals surface area contributed by atoms with Crippen LogP contribution in [0.15, 0.2) is 47.0 Å². The molecule has 2 aliphatic heterocycles. The summed E-state index contributed by atoms with van der Waals surface area (Å²) < 4.78 is 14.7. The Morgan fingerprint density at radius 1 is 0.889 bits per heavy atom. The standard InChI is InChI=1S/C18H18O9/c1-3-5-9-7-11(25-13(9)15(19)20)17(23)27-18(24)12-8-10(6-4-2)14(26-12)16(21)22/h5-8,13-14H,3-4H2,1-2H3,(H,19,20)(H,21,22). The molecule has 0 aromatic heterocycles. The average Bonchev–Trinajstić information content (AvgIpc) is 3.20. The number of allylic oxidation sites excluding steroid dienone is 2. The van der Waals surface area contributed by atoms with Gasteiger partial charge < -0.3 is 24.4 Å². The van der Waals surface area contributed by atoms with Gasteiger partial charge in [-0.1, -0.05) is 26.0 Å². The molecule has 2 heterocycles. The zero-order valence-corrected chi connectivity index (χ0v) is 14.6. The van der Waals surface area contributed by atoms with Crippen molar-refractivity contribution >= 4 is 23.9 Å². The van der Waals surface area contributed by atoms with Crippen LogP contribution in [0.4, 0.5) is 0 Å². The van der Waals surface area contributed by atoms with Crippen LogP contribution in [0.3, 0.4) is 0 Å². The highest BCUT2D eigenvalue weighted by molar-refractivity contribution is 6.02. The maximum absolute atomic E-state index is 12.1. The molecule has 2 unspecified atom stereocenters. The Morgan fingerprint density at radius 3 is 1.56 bits per heavy atom. The lowest BCUT2D eigenvalue weighted by molar-refractivity contribution is -0.160. The molecular weight excluding hydrogens is 360 g/mol. The lowest BCUT2D eigenvalue weighted by atomic mass is 10.1. The Morgan fingerprint density at radius 2 is 1.26 bits per heavy atom. The van der Waals surface area contributed by atoms with Crippen molar-refractivity contribution in [3.63, 3.8) is 0 Å². The molecule has 0 bridgehead atoms. The van der Waals surface area contributed by atoms with Crippen molar-refractivity contribution in [2.24, 2.45) is 0 Å². The van der Waals surface area contributed by atoms with Gasteiger partial charge >= 0.3 is 23.9 Å². The Balaban J connectivity index is 2.11. The van der Waals surface area contributed by atoms with Gasteiger partial charge in [0.05, 0.1) is 0 Å². The first kappa shape index (κ1) is 20.0. The van der Waals surface area contributed by atoms with E-state index < -0.39 is 47.6 Å². The van der Waals surface area contributed by atoms with E-state index in [2.05, 4.69) is 4.74 Å². The number of carbonyl (C=O) groups excluding carboxylic acids is 2. The largest absolute Gasteiger partial charge is 0.478 e. The molecule has 2 aliphatic rings. The van der Waals surface area contributed by atoms with Gasteiger partial charge in [-0.25, -0.2) is 19.2 Å². The lowest BCUT2D eigenvalue weighted by Crippen LogP contribution is -2.25. The minimum absolute atomic E-state index is 0.264. The first-order chi connectivity index (χ1) is 12.8. The third-order valence-corrected chi connectivity index (χ3v) is 3.61. The fourth-order valence-corrected chi connectivity index (χ4v) is 2.50. The van der Waals surface area contributed by atoms with E-state index >= 15 is 0 Å². The predicted octanol–water partition coefficient (Wildman–Crippen LogP) is 1.46. The zero-order valence-electron chi connectivity index (χ0n) is 14.6. The van der Waals surface area contributed by atoms with Crippen LogP contribution in [0.2, 0.25) is 0 Å². The summed E-state index contributed by atoms with van der Waals surface area (Å²) in [6.45, 7) is 3.56. The molecule has 0 saturated heterocycles. The molecule has 0 aromatic carbocycles. The summed E-state index contributed by atoms with van der Waals surface area (Å²) in [5, 5.41) is 18.2. The summed E-state index contributed by atoms with van der Waals surface area (Å²) >= 11 is 0. The van der Waals surface area contributed by atoms with Crippen molar-refractivity contribution in [3.8, 4) is 0 Å². The number of ether oxygens (including phenoxy) is 3. The van der Waals surface area contributed by atoms with Crippen molar-refractivity contribution in [2.45, 2.75) is 38.9 Å². The van der Waals surface area contributed by atoms with Crippen molar-refractivity contribution in [1.29, 1.82) is 0 Å². The first-order valence-corrected chi connectivity index (χ1v) is 8.17. The van der Waals surface area contributed by atoms with Crippen LogP contribution in [0.5, 0.6) is 0 Å². The highest BCUT2D eigenvalue weighted by atomic mass is 16.6. The number of hydrogen-bond donors (Lipinski definition) is 2. The monoisotopic (exact) mass is 378 g/mol. The number of hydrogen-bond acceptors (Lipinski definition) is 7. The van der Waals surface area contributed by atoms with Gasteiger partial charge in [-0.3, -0.25) is 0 Å². The summed E-state index contributed by atoms with van der Waals surface area (Å²) in [7, 11) is 0. The van der Waals surface area contributed by atoms with Crippen molar-refractivity contribution in [3.05, 3.63) is 47.0 Å². The third kappa shape index (κ3) is 4.43. The first-order valence-electron chi connectivity index (χ1n) is 8.17. The maximum atomic E-state index is 12.1. The molecule has 0 amide bonds. The number of rotatable bonds is 6. The van der Waals surface area contributed by atoms with E-state index in [0.717, 1.165) is 0 Å². The maximum Gasteiger partial charge on any atom is 0.381 e. The lowest BCUT2D eigenvalue weighted by Gasteiger charge is -2.10. The van der Waals surface area contributed by atoms with E-state index in [1.165, 1.54) is 12.2 Å². The molecule has 144 valence electrons. The zero-order chi connectivity index (χ0) is 20.1. The number of esters is 2. The van der Waals surface area contributed by atoms with Gasteiger partial charge in [-0.15, -0.1) is 0 Å². The molecule has 0 spiro atoms. The van der Waals surface area contributed by atoms with Gasteiger partial charge in [0.2, 0.25) is 23.7 Å². The molecule has 0 aliphatic carbocycles. The molecule has 2 atom stereocenters. The highest BCUT2D eigenvalue weighted by Gasteiger charge is 2.37. The molecule has 9 nitrogen and oxygen atoms in total. The number of carbonyl (C=O) groups is 4. The molecule has 9 heteroatoms. The topological polar surface area (TPSA) is 136 Å². The number of carboxylic acids is 2. The highest BCUT2D eigenvalue weighted by Crippen LogP contribution is 2.27. The molecule has 0 fully saturated rings. The van der Waals surface area contributed by atoms with Gasteiger partial charge in [0.25, 0.3) is 0 Å². The molecular formula is C18H18O9. The van der Waals surface area contributed by atoms with Gasteiger partial charge in [0, 0.05) is 11.1 Å². The van der Waals surface area contributed by atoms with Crippen molar-refractivity contribution in [2.75, 3.05) is 0 Å². The van der Waals surface area contributed by atoms with Gasteiger partial charge in [-0.2, -0.15) is 0 Å². The number of carboxylic acid groups (broad SMARTS) is 2. The molecule has 0 aromatic rings. The average molecular weight is 378 g/mol. The Kier molecular flexibility index (Phi) is 6.17. The Labute approximate surface area is 154 Å². The van der Waals surface area contributed by atoms with Crippen LogP contribution >= 0.6 is 0 Å². The molecule has 0 radical (unpaired) electrons. The Hall–Kier alpha value is -3.36. The predicted molar refractivity (Wildman–Crippen MR) is 89.0 cm³/mol. The van der Waals surface area contributed by atoms with Crippen LogP contribution in [0, 0.1) is 0 Å². The summed E-state index contributed by atoms with van der Waals surface area (Å²) in [4.78, 5) is 46.5. The van der Waals surface area contributed by atoms with Gasteiger partial charge in [-0.05, 0) is 25.0 Å². The molecule has 0 saturated carbocycles. The van der Waals surface area contributed by atoms with Crippen LogP contribution < -0.4 is 0 Å². The van der Waals surface area contributed by atoms with Crippen LogP contribution in [0.25, 0.3) is 0 Å². The quantitative estimate of drug-likeness (QED) is 0.520. The van der Waals surface area contributed by atoms with E-state index in [1.807, 2.05) is 0 Å². The van der Waals surface area contributed by atoms with E-state index in [4.69, 9.17) is 19.7 Å². The van der Waals surface area contributed by atoms with Gasteiger partial charge in [0.15, 0.2) is 0 Å². The van der Waals surface area contributed by atoms with E-state index in [0.29, 0.717) is 12.8 Å². The van der Waals surface area contributed by atoms with E-state index in [-0.39, 0.29) is 11.1 Å². The third-order valence-electron chi connectivity index (χ3n) is 3.61. The van der Waals surface area contributed by atoms with E-state index in [1.54, 1.807) is 26.0 Å². The van der Waals surface area contributed by atoms with Crippen LogP contribution in [-0.4, -0.2) is 46.3 Å². The second-order valence-corrected chi connectivity index (χ2v) is 5.59. The van der Waals surface area contributed by atoms with Crippen LogP contribution in [-0.2, 0) is 33.4 Å². The Bertz CT molecular complexity index is 732. The smallest absolute Gasteiger partial charge is 0.381 e. The van der Waals surface area contributed by atoms with Gasteiger partial charge in [0.1, 0.15) is 0 Å². The summed E-state index contributed by atoms with van der Waals surface area (Å²) in [6.07, 6.45) is 3.83. The summed E-state index contributed by atoms with van der Waals surface area (Å²) in [6, 6.07) is 0. The number of aliphatic carboxylic acids is 2.